The van der Waals surface area contributed by atoms with Crippen molar-refractivity contribution in [2.45, 2.75) is 43.8 Å². The fourth-order valence-corrected chi connectivity index (χ4v) is 7.71. The van der Waals surface area contributed by atoms with Gasteiger partial charge in [-0.15, -0.1) is 22.7 Å². The zero-order valence-electron chi connectivity index (χ0n) is 22.4. The number of methoxy groups -OCH3 is 2. The molecule has 41 heavy (non-hydrogen) atoms. The third-order valence-corrected chi connectivity index (χ3v) is 9.58. The van der Waals surface area contributed by atoms with Crippen LogP contribution in [0.25, 0.3) is 31.3 Å². The Balaban J connectivity index is 1.92. The lowest BCUT2D eigenvalue weighted by Gasteiger charge is -2.26. The number of halogens is 6. The summed E-state index contributed by atoms with van der Waals surface area (Å²) in [7, 11) is 2.73. The van der Waals surface area contributed by atoms with E-state index in [9.17, 15) is 0 Å². The Labute approximate surface area is 240 Å². The SMILES string of the molecule is COCOC(C)c1sc2ccccc2c1C1=C(c2sc3ccccc3c2C(C)OCOC)C(F)(F)C(F)(F)C1(F)F. The summed E-state index contributed by atoms with van der Waals surface area (Å²) in [5.41, 5.74) is -3.12. The maximum absolute atomic E-state index is 16.0. The highest BCUT2D eigenvalue weighted by Crippen LogP contribution is 2.67. The molecule has 0 radical (unpaired) electrons. The molecule has 4 nitrogen and oxygen atoms in total. The van der Waals surface area contributed by atoms with Crippen molar-refractivity contribution in [3.63, 3.8) is 0 Å². The largest absolute Gasteiger partial charge is 0.380 e. The number of fused-ring (bicyclic) bond motifs is 2. The Morgan fingerprint density at radius 3 is 1.80 bits per heavy atom. The van der Waals surface area contributed by atoms with Crippen molar-refractivity contribution in [3.8, 4) is 0 Å². The van der Waals surface area contributed by atoms with Gasteiger partial charge in [-0.3, -0.25) is 0 Å². The van der Waals surface area contributed by atoms with Gasteiger partial charge in [0, 0.05) is 55.5 Å². The van der Waals surface area contributed by atoms with E-state index in [-0.39, 0.29) is 35.0 Å². The van der Waals surface area contributed by atoms with Gasteiger partial charge < -0.3 is 18.9 Å². The van der Waals surface area contributed by atoms with Crippen molar-refractivity contribution < 1.29 is 45.3 Å². The number of thiophene rings is 2. The van der Waals surface area contributed by atoms with E-state index in [1.807, 2.05) is 0 Å². The molecule has 1 aliphatic carbocycles. The molecule has 1 aliphatic rings. The van der Waals surface area contributed by atoms with Gasteiger partial charge in [-0.25, -0.2) is 0 Å². The first-order chi connectivity index (χ1) is 19.4. The van der Waals surface area contributed by atoms with E-state index in [1.54, 1.807) is 36.4 Å². The summed E-state index contributed by atoms with van der Waals surface area (Å²) in [6, 6.07) is 12.8. The summed E-state index contributed by atoms with van der Waals surface area (Å²) in [6.07, 6.45) is -1.88. The van der Waals surface area contributed by atoms with E-state index in [0.717, 1.165) is 22.7 Å². The first-order valence-electron chi connectivity index (χ1n) is 12.5. The second-order valence-corrected chi connectivity index (χ2v) is 11.7. The van der Waals surface area contributed by atoms with Crippen LogP contribution in [0.2, 0.25) is 0 Å². The van der Waals surface area contributed by atoms with Crippen LogP contribution in [-0.2, 0) is 18.9 Å². The van der Waals surface area contributed by atoms with E-state index in [0.29, 0.717) is 14.8 Å². The fourth-order valence-electron chi connectivity index (χ4n) is 5.13. The Morgan fingerprint density at radius 2 is 1.20 bits per heavy atom. The standard InChI is InChI=1S/C29H26F6O4S2/c1-15(38-13-36-3)21-17-9-5-7-11-19(17)41-26(21)24-23(27(30,31)29(34,35)28(24,32)33)22-18-10-6-8-12-20(18)40-25(22)16(2)39-14-37-4/h5-12,15-16H,13-14H2,1-4H3. The number of hydrogen-bond donors (Lipinski definition) is 0. The highest BCUT2D eigenvalue weighted by atomic mass is 32.1. The van der Waals surface area contributed by atoms with Crippen LogP contribution in [0.15, 0.2) is 48.5 Å². The van der Waals surface area contributed by atoms with Crippen LogP contribution in [0.4, 0.5) is 26.3 Å². The molecule has 2 aromatic heterocycles. The minimum absolute atomic E-state index is 0.105. The maximum Gasteiger partial charge on any atom is 0.380 e. The Bertz CT molecular complexity index is 1610. The molecule has 0 saturated carbocycles. The lowest BCUT2D eigenvalue weighted by Crippen LogP contribution is -2.49. The van der Waals surface area contributed by atoms with Crippen LogP contribution in [0, 0.1) is 0 Å². The third-order valence-electron chi connectivity index (χ3n) is 7.05. The zero-order valence-corrected chi connectivity index (χ0v) is 24.0. The molecule has 4 aromatic rings. The second kappa shape index (κ2) is 11.0. The molecule has 220 valence electrons. The predicted molar refractivity (Wildman–Crippen MR) is 148 cm³/mol. The average molecular weight is 617 g/mol. The molecule has 0 aliphatic heterocycles. The topological polar surface area (TPSA) is 36.9 Å². The van der Waals surface area contributed by atoms with E-state index in [1.165, 1.54) is 40.2 Å². The summed E-state index contributed by atoms with van der Waals surface area (Å²) in [6.45, 7) is 2.61. The van der Waals surface area contributed by atoms with Crippen LogP contribution in [0.3, 0.4) is 0 Å². The second-order valence-electron chi connectivity index (χ2n) is 9.58. The van der Waals surface area contributed by atoms with Crippen molar-refractivity contribution in [1.82, 2.24) is 0 Å². The quantitative estimate of drug-likeness (QED) is 0.131. The fraction of sp³-hybridized carbons (Fsp3) is 0.379. The number of benzene rings is 2. The molecule has 2 aromatic carbocycles. The summed E-state index contributed by atoms with van der Waals surface area (Å²) < 4.78 is 117. The van der Waals surface area contributed by atoms with Gasteiger partial charge in [0.05, 0.1) is 17.8 Å². The first kappa shape index (κ1) is 30.0. The minimum Gasteiger partial charge on any atom is -0.359 e. The molecule has 0 saturated heterocycles. The zero-order chi connectivity index (χ0) is 29.7. The molecular formula is C29H26F6O4S2. The molecule has 12 heteroatoms. The molecule has 5 rings (SSSR count). The summed E-state index contributed by atoms with van der Waals surface area (Å²) >= 11 is 1.77. The number of alkyl halides is 6. The molecule has 2 unspecified atom stereocenters. The Hall–Kier alpha value is -2.48. The normalized spacial score (nSPS) is 19.4. The van der Waals surface area contributed by atoms with Gasteiger partial charge in [0.25, 0.3) is 0 Å². The third kappa shape index (κ3) is 4.59. The van der Waals surface area contributed by atoms with Gasteiger partial charge in [-0.05, 0) is 31.4 Å². The van der Waals surface area contributed by atoms with Crippen molar-refractivity contribution in [1.29, 1.82) is 0 Å². The average Bonchev–Trinajstić information content (AvgIpc) is 3.53. The van der Waals surface area contributed by atoms with Gasteiger partial charge in [0.2, 0.25) is 0 Å². The molecule has 2 atom stereocenters. The number of rotatable bonds is 10. The monoisotopic (exact) mass is 616 g/mol. The van der Waals surface area contributed by atoms with E-state index >= 15 is 26.3 Å². The van der Waals surface area contributed by atoms with E-state index in [4.69, 9.17) is 18.9 Å². The Kier molecular flexibility index (Phi) is 8.03. The Morgan fingerprint density at radius 1 is 0.683 bits per heavy atom. The van der Waals surface area contributed by atoms with Crippen molar-refractivity contribution in [2.75, 3.05) is 27.8 Å². The maximum atomic E-state index is 16.0. The molecule has 0 bridgehead atoms. The minimum atomic E-state index is -5.72. The van der Waals surface area contributed by atoms with Crippen LogP contribution >= 0.6 is 22.7 Å². The van der Waals surface area contributed by atoms with Crippen LogP contribution in [0.5, 0.6) is 0 Å². The van der Waals surface area contributed by atoms with E-state index in [2.05, 4.69) is 0 Å². The van der Waals surface area contributed by atoms with Gasteiger partial charge in [0.1, 0.15) is 13.6 Å². The van der Waals surface area contributed by atoms with Crippen LogP contribution in [-0.4, -0.2) is 45.6 Å². The van der Waals surface area contributed by atoms with Crippen LogP contribution < -0.4 is 0 Å². The molecular weight excluding hydrogens is 590 g/mol. The molecule has 0 amide bonds. The highest BCUT2D eigenvalue weighted by molar-refractivity contribution is 7.20. The van der Waals surface area contributed by atoms with Crippen molar-refractivity contribution in [3.05, 3.63) is 69.4 Å². The summed E-state index contributed by atoms with van der Waals surface area (Å²) in [5, 5.41) is 0.580. The highest BCUT2D eigenvalue weighted by Gasteiger charge is 2.81. The van der Waals surface area contributed by atoms with Gasteiger partial charge in [0.15, 0.2) is 0 Å². The lowest BCUT2D eigenvalue weighted by molar-refractivity contribution is -0.254. The molecule has 2 heterocycles. The van der Waals surface area contributed by atoms with Gasteiger partial charge >= 0.3 is 17.8 Å². The number of hydrogen-bond acceptors (Lipinski definition) is 6. The van der Waals surface area contributed by atoms with Crippen molar-refractivity contribution >= 4 is 54.0 Å². The molecule has 0 spiro atoms. The van der Waals surface area contributed by atoms with Gasteiger partial charge in [-0.2, -0.15) is 26.3 Å². The lowest BCUT2D eigenvalue weighted by atomic mass is 9.92. The van der Waals surface area contributed by atoms with Crippen molar-refractivity contribution in [2.24, 2.45) is 0 Å². The first-order valence-corrected chi connectivity index (χ1v) is 14.2. The number of allylic oxidation sites excluding steroid dienone is 2. The van der Waals surface area contributed by atoms with Gasteiger partial charge in [-0.1, -0.05) is 36.4 Å². The van der Waals surface area contributed by atoms with E-state index < -0.39 is 46.0 Å². The summed E-state index contributed by atoms with van der Waals surface area (Å²) in [5.74, 6) is -16.2. The summed E-state index contributed by atoms with van der Waals surface area (Å²) in [4.78, 5) is -0.284. The molecule has 0 fully saturated rings. The smallest absolute Gasteiger partial charge is 0.359 e. The number of ether oxygens (including phenoxy) is 4. The van der Waals surface area contributed by atoms with Crippen LogP contribution in [0.1, 0.15) is 46.9 Å². The predicted octanol–water partition coefficient (Wildman–Crippen LogP) is 9.31. The molecule has 0 N–H and O–H groups in total.